The lowest BCUT2D eigenvalue weighted by Crippen LogP contribution is -2.41. The molecule has 1 aliphatic rings. The van der Waals surface area contributed by atoms with Crippen molar-refractivity contribution in [3.8, 4) is 5.75 Å². The van der Waals surface area contributed by atoms with Crippen LogP contribution in [0.4, 0.5) is 0 Å². The Morgan fingerprint density at radius 1 is 1.33 bits per heavy atom. The summed E-state index contributed by atoms with van der Waals surface area (Å²) >= 11 is 11.8. The van der Waals surface area contributed by atoms with Crippen LogP contribution in [0.5, 0.6) is 5.75 Å². The van der Waals surface area contributed by atoms with Crippen molar-refractivity contribution in [3.63, 3.8) is 0 Å². The molecule has 2 rings (SSSR count). The van der Waals surface area contributed by atoms with E-state index in [0.717, 1.165) is 32.5 Å². The Morgan fingerprint density at radius 2 is 2.05 bits per heavy atom. The van der Waals surface area contributed by atoms with Gasteiger partial charge in [-0.05, 0) is 37.0 Å². The summed E-state index contributed by atoms with van der Waals surface area (Å²) in [5, 5.41) is 0.952. The Labute approximate surface area is 134 Å². The molecule has 0 spiro atoms. The first-order valence-electron chi connectivity index (χ1n) is 6.94. The highest BCUT2D eigenvalue weighted by molar-refractivity contribution is 6.35. The number of carbonyl (C=O) groups is 1. The number of halogens is 2. The molecule has 0 radical (unpaired) electrons. The molecule has 0 aliphatic carbocycles. The third kappa shape index (κ3) is 4.77. The predicted octanol–water partition coefficient (Wildman–Crippen LogP) is 3.26. The first-order valence-corrected chi connectivity index (χ1v) is 7.70. The van der Waals surface area contributed by atoms with E-state index >= 15 is 0 Å². The number of hydrogen-bond acceptors (Lipinski definition) is 3. The van der Waals surface area contributed by atoms with Crippen LogP contribution in [0.25, 0.3) is 0 Å². The first kappa shape index (κ1) is 16.4. The molecule has 1 fully saturated rings. The van der Waals surface area contributed by atoms with E-state index in [0.29, 0.717) is 21.7 Å². The van der Waals surface area contributed by atoms with E-state index in [1.807, 2.05) is 4.90 Å². The minimum absolute atomic E-state index is 0.00367. The number of benzene rings is 1. The summed E-state index contributed by atoms with van der Waals surface area (Å²) in [6, 6.07) is 4.95. The molecule has 0 N–H and O–H groups in total. The van der Waals surface area contributed by atoms with Gasteiger partial charge in [0.25, 0.3) is 5.91 Å². The summed E-state index contributed by atoms with van der Waals surface area (Å²) in [5.74, 6) is 1.01. The Bertz CT molecular complexity index is 488. The second-order valence-electron chi connectivity index (χ2n) is 5.14. The van der Waals surface area contributed by atoms with Gasteiger partial charge in [-0.2, -0.15) is 0 Å². The fourth-order valence-electron chi connectivity index (χ4n) is 2.41. The topological polar surface area (TPSA) is 38.8 Å². The molecule has 0 atom stereocenters. The maximum Gasteiger partial charge on any atom is 0.260 e. The molecule has 4 nitrogen and oxygen atoms in total. The highest BCUT2D eigenvalue weighted by Gasteiger charge is 2.23. The average Bonchev–Trinajstić information content (AvgIpc) is 2.47. The first-order chi connectivity index (χ1) is 10.1. The van der Waals surface area contributed by atoms with E-state index in [1.54, 1.807) is 25.3 Å². The summed E-state index contributed by atoms with van der Waals surface area (Å²) in [6.45, 7) is 2.27. The SMILES string of the molecule is COCC1CCN(C(=O)COc2ccc(Cl)cc2Cl)CC1. The van der Waals surface area contributed by atoms with Crippen molar-refractivity contribution in [3.05, 3.63) is 28.2 Å². The zero-order chi connectivity index (χ0) is 15.2. The molecule has 1 aromatic carbocycles. The average molecular weight is 332 g/mol. The fourth-order valence-corrected chi connectivity index (χ4v) is 2.87. The third-order valence-corrected chi connectivity index (χ3v) is 4.15. The van der Waals surface area contributed by atoms with Gasteiger partial charge in [0.05, 0.1) is 5.02 Å². The molecular weight excluding hydrogens is 313 g/mol. The van der Waals surface area contributed by atoms with Crippen LogP contribution in [-0.4, -0.2) is 44.2 Å². The standard InChI is InChI=1S/C15H19Cl2NO3/c1-20-9-11-4-6-18(7-5-11)15(19)10-21-14-3-2-12(16)8-13(14)17/h2-3,8,11H,4-7,9-10H2,1H3. The van der Waals surface area contributed by atoms with Crippen LogP contribution in [0.15, 0.2) is 18.2 Å². The Morgan fingerprint density at radius 3 is 2.67 bits per heavy atom. The number of ether oxygens (including phenoxy) is 2. The van der Waals surface area contributed by atoms with E-state index < -0.39 is 0 Å². The second kappa shape index (κ2) is 7.87. The van der Waals surface area contributed by atoms with Gasteiger partial charge in [0.2, 0.25) is 0 Å². The van der Waals surface area contributed by atoms with Gasteiger partial charge in [-0.3, -0.25) is 4.79 Å². The van der Waals surface area contributed by atoms with E-state index in [9.17, 15) is 4.79 Å². The van der Waals surface area contributed by atoms with Gasteiger partial charge in [0.15, 0.2) is 6.61 Å². The van der Waals surface area contributed by atoms with Crippen molar-refractivity contribution in [2.45, 2.75) is 12.8 Å². The number of piperidine rings is 1. The van der Waals surface area contributed by atoms with Crippen molar-refractivity contribution in [2.24, 2.45) is 5.92 Å². The van der Waals surface area contributed by atoms with Gasteiger partial charge in [-0.1, -0.05) is 23.2 Å². The van der Waals surface area contributed by atoms with Crippen LogP contribution in [0.3, 0.4) is 0 Å². The van der Waals surface area contributed by atoms with Crippen LogP contribution in [0, 0.1) is 5.92 Å². The molecule has 1 aromatic rings. The molecular formula is C15H19Cl2NO3. The second-order valence-corrected chi connectivity index (χ2v) is 5.99. The lowest BCUT2D eigenvalue weighted by Gasteiger charge is -2.31. The number of amides is 1. The summed E-state index contributed by atoms with van der Waals surface area (Å²) in [6.07, 6.45) is 1.95. The maximum absolute atomic E-state index is 12.1. The minimum Gasteiger partial charge on any atom is -0.482 e. The quantitative estimate of drug-likeness (QED) is 0.831. The van der Waals surface area contributed by atoms with Crippen LogP contribution < -0.4 is 4.74 Å². The maximum atomic E-state index is 12.1. The summed E-state index contributed by atoms with van der Waals surface area (Å²) in [7, 11) is 1.71. The zero-order valence-corrected chi connectivity index (χ0v) is 13.5. The number of hydrogen-bond donors (Lipinski definition) is 0. The largest absolute Gasteiger partial charge is 0.482 e. The van der Waals surface area contributed by atoms with E-state index in [1.165, 1.54) is 0 Å². The van der Waals surface area contributed by atoms with Crippen molar-refractivity contribution in [2.75, 3.05) is 33.4 Å². The molecule has 1 aliphatic heterocycles. The van der Waals surface area contributed by atoms with Gasteiger partial charge in [0, 0.05) is 31.8 Å². The number of carbonyl (C=O) groups excluding carboxylic acids is 1. The van der Waals surface area contributed by atoms with Crippen LogP contribution in [0.1, 0.15) is 12.8 Å². The smallest absolute Gasteiger partial charge is 0.260 e. The lowest BCUT2D eigenvalue weighted by molar-refractivity contribution is -0.135. The molecule has 0 aromatic heterocycles. The monoisotopic (exact) mass is 331 g/mol. The molecule has 0 unspecified atom stereocenters. The van der Waals surface area contributed by atoms with Crippen molar-refractivity contribution in [1.29, 1.82) is 0 Å². The Hall–Kier alpha value is -0.970. The molecule has 21 heavy (non-hydrogen) atoms. The Balaban J connectivity index is 1.80. The zero-order valence-electron chi connectivity index (χ0n) is 12.0. The minimum atomic E-state index is -0.0168. The van der Waals surface area contributed by atoms with Gasteiger partial charge in [-0.15, -0.1) is 0 Å². The van der Waals surface area contributed by atoms with E-state index in [2.05, 4.69) is 0 Å². The molecule has 6 heteroatoms. The number of nitrogens with zero attached hydrogens (tertiary/aromatic N) is 1. The Kier molecular flexibility index (Phi) is 6.15. The normalized spacial score (nSPS) is 16.0. The van der Waals surface area contributed by atoms with E-state index in [4.69, 9.17) is 32.7 Å². The molecule has 0 saturated carbocycles. The summed E-state index contributed by atoms with van der Waals surface area (Å²) in [4.78, 5) is 13.9. The van der Waals surface area contributed by atoms with E-state index in [-0.39, 0.29) is 12.5 Å². The fraction of sp³-hybridized carbons (Fsp3) is 0.533. The molecule has 1 heterocycles. The van der Waals surface area contributed by atoms with Gasteiger partial charge in [0.1, 0.15) is 5.75 Å². The van der Waals surface area contributed by atoms with Crippen molar-refractivity contribution in [1.82, 2.24) is 4.90 Å². The predicted molar refractivity (Wildman–Crippen MR) is 83.1 cm³/mol. The van der Waals surface area contributed by atoms with Crippen LogP contribution in [-0.2, 0) is 9.53 Å². The molecule has 1 saturated heterocycles. The molecule has 1 amide bonds. The van der Waals surface area contributed by atoms with Crippen LogP contribution >= 0.6 is 23.2 Å². The number of rotatable bonds is 5. The highest BCUT2D eigenvalue weighted by Crippen LogP contribution is 2.27. The van der Waals surface area contributed by atoms with Gasteiger partial charge >= 0.3 is 0 Å². The van der Waals surface area contributed by atoms with Crippen molar-refractivity contribution >= 4 is 29.1 Å². The summed E-state index contributed by atoms with van der Waals surface area (Å²) < 4.78 is 10.6. The third-order valence-electron chi connectivity index (χ3n) is 3.61. The van der Waals surface area contributed by atoms with Gasteiger partial charge in [-0.25, -0.2) is 0 Å². The number of methoxy groups -OCH3 is 1. The molecule has 0 bridgehead atoms. The highest BCUT2D eigenvalue weighted by atomic mass is 35.5. The molecule has 116 valence electrons. The lowest BCUT2D eigenvalue weighted by atomic mass is 9.98. The number of likely N-dealkylation sites (tertiary alicyclic amines) is 1. The van der Waals surface area contributed by atoms with Gasteiger partial charge < -0.3 is 14.4 Å². The van der Waals surface area contributed by atoms with Crippen molar-refractivity contribution < 1.29 is 14.3 Å². The van der Waals surface area contributed by atoms with Crippen LogP contribution in [0.2, 0.25) is 10.0 Å². The summed E-state index contributed by atoms with van der Waals surface area (Å²) in [5.41, 5.74) is 0.